The largest absolute Gasteiger partial charge is 0.330 e. The molecule has 4 heteroatoms. The van der Waals surface area contributed by atoms with Crippen molar-refractivity contribution in [3.05, 3.63) is 47.0 Å². The highest BCUT2D eigenvalue weighted by Crippen LogP contribution is 2.53. The lowest BCUT2D eigenvalue weighted by Crippen LogP contribution is -2.45. The summed E-state index contributed by atoms with van der Waals surface area (Å²) in [6.07, 6.45) is 10.2. The molecule has 0 bridgehead atoms. The molecule has 0 unspecified atom stereocenters. The van der Waals surface area contributed by atoms with Crippen LogP contribution in [-0.4, -0.2) is 15.5 Å². The number of aromatic nitrogens is 2. The first-order chi connectivity index (χ1) is 13.2. The van der Waals surface area contributed by atoms with Gasteiger partial charge in [0.1, 0.15) is 5.82 Å². The van der Waals surface area contributed by atoms with Crippen molar-refractivity contribution >= 4 is 11.6 Å². The van der Waals surface area contributed by atoms with Gasteiger partial charge in [0.25, 0.3) is 0 Å². The first kappa shape index (κ1) is 17.0. The summed E-state index contributed by atoms with van der Waals surface area (Å²) in [5.41, 5.74) is 4.84. The number of rotatable bonds is 5. The zero-order valence-electron chi connectivity index (χ0n) is 16.3. The van der Waals surface area contributed by atoms with Gasteiger partial charge in [0.2, 0.25) is 5.91 Å². The van der Waals surface area contributed by atoms with E-state index in [-0.39, 0.29) is 5.41 Å². The van der Waals surface area contributed by atoms with E-state index in [0.29, 0.717) is 12.5 Å². The van der Waals surface area contributed by atoms with Crippen molar-refractivity contribution in [1.29, 1.82) is 0 Å². The van der Waals surface area contributed by atoms with Gasteiger partial charge in [-0.15, -0.1) is 0 Å². The highest BCUT2D eigenvalue weighted by atomic mass is 16.2. The van der Waals surface area contributed by atoms with E-state index in [1.165, 1.54) is 42.6 Å². The van der Waals surface area contributed by atoms with E-state index in [1.807, 2.05) is 4.90 Å². The second kappa shape index (κ2) is 6.50. The molecule has 1 aromatic carbocycles. The smallest absolute Gasteiger partial charge is 0.238 e. The van der Waals surface area contributed by atoms with Crippen molar-refractivity contribution in [2.75, 3.05) is 4.90 Å². The SMILES string of the molecule is CCCCn1c(CN2C(=O)C3(CCC3)c3ccccc32)nc2c1CCCC2. The summed E-state index contributed by atoms with van der Waals surface area (Å²) in [4.78, 5) is 20.5. The van der Waals surface area contributed by atoms with Gasteiger partial charge >= 0.3 is 0 Å². The van der Waals surface area contributed by atoms with Gasteiger partial charge in [0.05, 0.1) is 17.7 Å². The van der Waals surface area contributed by atoms with Gasteiger partial charge in [0, 0.05) is 17.9 Å². The van der Waals surface area contributed by atoms with Gasteiger partial charge in [-0.2, -0.15) is 0 Å². The molecular formula is C23H29N3O. The van der Waals surface area contributed by atoms with Crippen LogP contribution in [0.1, 0.15) is 74.6 Å². The van der Waals surface area contributed by atoms with E-state index in [1.54, 1.807) is 0 Å². The molecule has 1 saturated carbocycles. The normalized spacial score (nSPS) is 19.9. The van der Waals surface area contributed by atoms with Crippen molar-refractivity contribution < 1.29 is 4.79 Å². The number of carbonyl (C=O) groups is 1. The van der Waals surface area contributed by atoms with E-state index in [2.05, 4.69) is 35.8 Å². The van der Waals surface area contributed by atoms with Crippen LogP contribution in [-0.2, 0) is 36.1 Å². The number of para-hydroxylation sites is 1. The van der Waals surface area contributed by atoms with Crippen LogP contribution < -0.4 is 4.90 Å². The summed E-state index contributed by atoms with van der Waals surface area (Å²) in [6.45, 7) is 3.89. The number of aryl methyl sites for hydroxylation is 1. The Morgan fingerprint density at radius 2 is 1.93 bits per heavy atom. The fraction of sp³-hybridized carbons (Fsp3) is 0.565. The molecule has 142 valence electrons. The van der Waals surface area contributed by atoms with Crippen LogP contribution in [0.2, 0.25) is 0 Å². The summed E-state index contributed by atoms with van der Waals surface area (Å²) < 4.78 is 2.44. The number of imidazole rings is 1. The van der Waals surface area contributed by atoms with Gasteiger partial charge in [-0.05, 0) is 56.6 Å². The average molecular weight is 364 g/mol. The number of carbonyl (C=O) groups excluding carboxylic acids is 1. The number of hydrogen-bond acceptors (Lipinski definition) is 2. The minimum atomic E-state index is -0.239. The molecule has 1 aliphatic heterocycles. The Bertz CT molecular complexity index is 878. The molecule has 1 spiro atoms. The molecule has 0 N–H and O–H groups in total. The molecule has 1 aromatic heterocycles. The quantitative estimate of drug-likeness (QED) is 0.783. The van der Waals surface area contributed by atoms with Crippen molar-refractivity contribution in [2.24, 2.45) is 0 Å². The summed E-state index contributed by atoms with van der Waals surface area (Å²) in [6, 6.07) is 8.43. The standard InChI is InChI=1S/C23H29N3O/c1-2-3-15-25-20-12-7-5-10-18(20)24-21(25)16-26-19-11-6-4-9-17(19)23(22(26)27)13-8-14-23/h4,6,9,11H,2-3,5,7-8,10,12-16H2,1H3. The number of amides is 1. The molecule has 2 heterocycles. The Morgan fingerprint density at radius 1 is 1.11 bits per heavy atom. The van der Waals surface area contributed by atoms with Gasteiger partial charge in [-0.25, -0.2) is 4.98 Å². The van der Waals surface area contributed by atoms with Gasteiger partial charge < -0.3 is 9.47 Å². The maximum Gasteiger partial charge on any atom is 0.238 e. The predicted molar refractivity (Wildman–Crippen MR) is 107 cm³/mol. The summed E-state index contributed by atoms with van der Waals surface area (Å²) in [7, 11) is 0. The maximum absolute atomic E-state index is 13.4. The molecule has 27 heavy (non-hydrogen) atoms. The Balaban J connectivity index is 1.52. The average Bonchev–Trinajstić information content (AvgIpc) is 3.13. The molecule has 2 aliphatic carbocycles. The monoisotopic (exact) mass is 363 g/mol. The molecule has 1 fully saturated rings. The van der Waals surface area contributed by atoms with Crippen LogP contribution in [0.3, 0.4) is 0 Å². The van der Waals surface area contributed by atoms with Crippen molar-refractivity contribution in [3.8, 4) is 0 Å². The first-order valence-corrected chi connectivity index (χ1v) is 10.7. The Morgan fingerprint density at radius 3 is 2.70 bits per heavy atom. The van der Waals surface area contributed by atoms with Crippen LogP contribution in [0.25, 0.3) is 0 Å². The number of nitrogens with zero attached hydrogens (tertiary/aromatic N) is 3. The van der Waals surface area contributed by atoms with Crippen molar-refractivity contribution in [3.63, 3.8) is 0 Å². The van der Waals surface area contributed by atoms with Crippen LogP contribution in [0.5, 0.6) is 0 Å². The fourth-order valence-electron chi connectivity index (χ4n) is 5.27. The van der Waals surface area contributed by atoms with Crippen LogP contribution in [0.4, 0.5) is 5.69 Å². The summed E-state index contributed by atoms with van der Waals surface area (Å²) in [5, 5.41) is 0. The minimum Gasteiger partial charge on any atom is -0.330 e. The topological polar surface area (TPSA) is 38.1 Å². The van der Waals surface area contributed by atoms with E-state index in [4.69, 9.17) is 4.98 Å². The van der Waals surface area contributed by atoms with E-state index >= 15 is 0 Å². The number of unbranched alkanes of at least 4 members (excludes halogenated alkanes) is 1. The lowest BCUT2D eigenvalue weighted by atomic mass is 9.65. The second-order valence-electron chi connectivity index (χ2n) is 8.48. The van der Waals surface area contributed by atoms with E-state index in [0.717, 1.165) is 50.2 Å². The molecule has 0 radical (unpaired) electrons. The van der Waals surface area contributed by atoms with Crippen LogP contribution in [0.15, 0.2) is 24.3 Å². The lowest BCUT2D eigenvalue weighted by Gasteiger charge is -2.37. The fourth-order valence-corrected chi connectivity index (χ4v) is 5.27. The third-order valence-electron chi connectivity index (χ3n) is 6.92. The minimum absolute atomic E-state index is 0.239. The first-order valence-electron chi connectivity index (χ1n) is 10.7. The van der Waals surface area contributed by atoms with Crippen molar-refractivity contribution in [2.45, 2.75) is 83.2 Å². The number of anilines is 1. The summed E-state index contributed by atoms with van der Waals surface area (Å²) in [5.74, 6) is 1.40. The zero-order chi connectivity index (χ0) is 18.4. The van der Waals surface area contributed by atoms with E-state index in [9.17, 15) is 4.79 Å². The lowest BCUT2D eigenvalue weighted by molar-refractivity contribution is -0.126. The van der Waals surface area contributed by atoms with Crippen LogP contribution in [0, 0.1) is 0 Å². The highest BCUT2D eigenvalue weighted by molar-refractivity contribution is 6.08. The predicted octanol–water partition coefficient (Wildman–Crippen LogP) is 4.53. The molecule has 3 aliphatic rings. The molecule has 1 amide bonds. The number of hydrogen-bond donors (Lipinski definition) is 0. The molecule has 5 rings (SSSR count). The van der Waals surface area contributed by atoms with Gasteiger partial charge in [-0.1, -0.05) is 38.0 Å². The highest BCUT2D eigenvalue weighted by Gasteiger charge is 2.54. The Kier molecular flexibility index (Phi) is 4.10. The van der Waals surface area contributed by atoms with Crippen LogP contribution >= 0.6 is 0 Å². The van der Waals surface area contributed by atoms with Crippen molar-refractivity contribution in [1.82, 2.24) is 9.55 Å². The molecule has 0 atom stereocenters. The second-order valence-corrected chi connectivity index (χ2v) is 8.48. The maximum atomic E-state index is 13.4. The Labute approximate surface area is 161 Å². The molecular weight excluding hydrogens is 334 g/mol. The molecule has 0 saturated heterocycles. The number of benzene rings is 1. The third kappa shape index (κ3) is 2.49. The van der Waals surface area contributed by atoms with E-state index < -0.39 is 0 Å². The molecule has 4 nitrogen and oxygen atoms in total. The third-order valence-corrected chi connectivity index (χ3v) is 6.92. The Hall–Kier alpha value is -2.10. The number of fused-ring (bicyclic) bond motifs is 3. The van der Waals surface area contributed by atoms with Gasteiger partial charge in [0.15, 0.2) is 0 Å². The van der Waals surface area contributed by atoms with Gasteiger partial charge in [-0.3, -0.25) is 4.79 Å². The zero-order valence-corrected chi connectivity index (χ0v) is 16.3. The molecule has 2 aromatic rings. The summed E-state index contributed by atoms with van der Waals surface area (Å²) >= 11 is 0.